The first-order valence-corrected chi connectivity index (χ1v) is 10.2. The van der Waals surface area contributed by atoms with Crippen LogP contribution in [0.15, 0.2) is 73.3 Å². The van der Waals surface area contributed by atoms with Crippen molar-refractivity contribution in [1.82, 2.24) is 14.4 Å². The lowest BCUT2D eigenvalue weighted by Crippen LogP contribution is -2.19. The van der Waals surface area contributed by atoms with Crippen LogP contribution in [0, 0.1) is 5.92 Å². The van der Waals surface area contributed by atoms with Crippen molar-refractivity contribution in [2.45, 2.75) is 12.8 Å². The van der Waals surface area contributed by atoms with Gasteiger partial charge in [-0.05, 0) is 49.2 Å². The van der Waals surface area contributed by atoms with Gasteiger partial charge in [-0.2, -0.15) is 0 Å². The van der Waals surface area contributed by atoms with Crippen molar-refractivity contribution in [2.75, 3.05) is 16.0 Å². The predicted octanol–water partition coefficient (Wildman–Crippen LogP) is 4.51. The van der Waals surface area contributed by atoms with Gasteiger partial charge in [0.15, 0.2) is 5.82 Å². The zero-order chi connectivity index (χ0) is 21.9. The smallest absolute Gasteiger partial charge is 0.323 e. The second-order valence-electron chi connectivity index (χ2n) is 7.47. The number of anilines is 3. The van der Waals surface area contributed by atoms with Gasteiger partial charge in [0.1, 0.15) is 17.1 Å². The lowest BCUT2D eigenvalue weighted by molar-refractivity contribution is -0.117. The number of pyridine rings is 2. The number of hydrogen-bond donors (Lipinski definition) is 3. The van der Waals surface area contributed by atoms with Crippen molar-refractivity contribution in [1.29, 1.82) is 0 Å². The highest BCUT2D eigenvalue weighted by molar-refractivity contribution is 5.99. The van der Waals surface area contributed by atoms with Crippen molar-refractivity contribution in [3.8, 4) is 11.5 Å². The molecular weight excluding hydrogens is 408 g/mol. The summed E-state index contributed by atoms with van der Waals surface area (Å²) in [6.45, 7) is 0. The van der Waals surface area contributed by atoms with Gasteiger partial charge in [-0.25, -0.2) is 9.78 Å². The van der Waals surface area contributed by atoms with Crippen molar-refractivity contribution in [3.05, 3.63) is 73.3 Å². The second kappa shape index (κ2) is 8.38. The highest BCUT2D eigenvalue weighted by Gasteiger charge is 2.30. The summed E-state index contributed by atoms with van der Waals surface area (Å²) >= 11 is 0. The van der Waals surface area contributed by atoms with E-state index in [2.05, 4.69) is 25.9 Å². The van der Waals surface area contributed by atoms with Crippen LogP contribution in [0.4, 0.5) is 22.0 Å². The third-order valence-electron chi connectivity index (χ3n) is 4.87. The minimum Gasteiger partial charge on any atom is -0.456 e. The number of aromatic nitrogens is 3. The molecule has 1 aliphatic rings. The summed E-state index contributed by atoms with van der Waals surface area (Å²) in [4.78, 5) is 32.5. The Labute approximate surface area is 183 Å². The summed E-state index contributed by atoms with van der Waals surface area (Å²) in [5.41, 5.74) is 1.88. The van der Waals surface area contributed by atoms with Crippen LogP contribution in [0.5, 0.6) is 11.5 Å². The molecule has 160 valence electrons. The van der Waals surface area contributed by atoms with Gasteiger partial charge in [-0.1, -0.05) is 6.07 Å². The van der Waals surface area contributed by atoms with E-state index in [0.29, 0.717) is 34.3 Å². The van der Waals surface area contributed by atoms with Crippen molar-refractivity contribution >= 4 is 34.8 Å². The molecule has 4 aromatic rings. The number of fused-ring (bicyclic) bond motifs is 1. The molecular formula is C23H20N6O3. The van der Waals surface area contributed by atoms with E-state index < -0.39 is 0 Å². The molecule has 1 aromatic carbocycles. The van der Waals surface area contributed by atoms with Crippen LogP contribution in [0.1, 0.15) is 12.8 Å². The van der Waals surface area contributed by atoms with Crippen LogP contribution in [-0.4, -0.2) is 26.3 Å². The third kappa shape index (κ3) is 4.67. The maximum Gasteiger partial charge on any atom is 0.323 e. The van der Waals surface area contributed by atoms with Gasteiger partial charge in [-0.3, -0.25) is 9.78 Å². The van der Waals surface area contributed by atoms with Crippen LogP contribution in [0.2, 0.25) is 0 Å². The number of urea groups is 1. The van der Waals surface area contributed by atoms with Crippen LogP contribution in [0.25, 0.3) is 5.65 Å². The number of hydrogen-bond acceptors (Lipinski definition) is 5. The first-order chi connectivity index (χ1) is 15.6. The van der Waals surface area contributed by atoms with E-state index in [1.165, 1.54) is 0 Å². The molecule has 1 fully saturated rings. The molecule has 3 heterocycles. The van der Waals surface area contributed by atoms with Crippen LogP contribution in [-0.2, 0) is 4.79 Å². The molecule has 32 heavy (non-hydrogen) atoms. The summed E-state index contributed by atoms with van der Waals surface area (Å²) in [5, 5.41) is 8.32. The van der Waals surface area contributed by atoms with Crippen molar-refractivity contribution < 1.29 is 14.3 Å². The van der Waals surface area contributed by atoms with E-state index in [9.17, 15) is 9.59 Å². The minimum absolute atomic E-state index is 0.0155. The Morgan fingerprint density at radius 1 is 0.938 bits per heavy atom. The van der Waals surface area contributed by atoms with E-state index in [-0.39, 0.29) is 17.9 Å². The topological polar surface area (TPSA) is 110 Å². The molecule has 3 aromatic heterocycles. The highest BCUT2D eigenvalue weighted by atomic mass is 16.5. The van der Waals surface area contributed by atoms with Gasteiger partial charge in [-0.15, -0.1) is 0 Å². The molecule has 0 aliphatic heterocycles. The Morgan fingerprint density at radius 2 is 1.78 bits per heavy atom. The summed E-state index contributed by atoms with van der Waals surface area (Å²) in [6.07, 6.45) is 8.62. The maximum atomic E-state index is 12.2. The minimum atomic E-state index is -0.379. The number of nitrogens with zero attached hydrogens (tertiary/aromatic N) is 3. The molecule has 1 aliphatic carbocycles. The van der Waals surface area contributed by atoms with E-state index in [1.54, 1.807) is 71.7 Å². The second-order valence-corrected chi connectivity index (χ2v) is 7.47. The molecule has 9 heteroatoms. The summed E-state index contributed by atoms with van der Waals surface area (Å²) in [7, 11) is 0. The number of carbonyl (C=O) groups excluding carboxylic acids is 2. The fourth-order valence-electron chi connectivity index (χ4n) is 3.17. The quantitative estimate of drug-likeness (QED) is 0.418. The van der Waals surface area contributed by atoms with Gasteiger partial charge in [0.2, 0.25) is 5.91 Å². The zero-order valence-corrected chi connectivity index (χ0v) is 17.0. The molecule has 0 spiro atoms. The Kier molecular flexibility index (Phi) is 5.12. The molecule has 0 bridgehead atoms. The highest BCUT2D eigenvalue weighted by Crippen LogP contribution is 2.30. The fraction of sp³-hybridized carbons (Fsp3) is 0.130. The first-order valence-electron chi connectivity index (χ1n) is 10.2. The molecule has 3 N–H and O–H groups in total. The van der Waals surface area contributed by atoms with E-state index >= 15 is 0 Å². The van der Waals surface area contributed by atoms with Crippen LogP contribution < -0.4 is 20.7 Å². The molecule has 3 amide bonds. The van der Waals surface area contributed by atoms with Gasteiger partial charge in [0.25, 0.3) is 0 Å². The molecule has 9 nitrogen and oxygen atoms in total. The summed E-state index contributed by atoms with van der Waals surface area (Å²) < 4.78 is 7.74. The molecule has 0 saturated heterocycles. The normalized spacial score (nSPS) is 12.9. The first kappa shape index (κ1) is 19.6. The standard InChI is InChI=1S/C23H20N6O3/c30-22(15-6-7-15)28-20-14-29-13-19(8-9-21(29)27-20)32-18-5-1-3-16(11-18)25-23(31)26-17-4-2-10-24-12-17/h1-5,8-15H,6-7H2,(H,28,30)(H2,25,26,31). The summed E-state index contributed by atoms with van der Waals surface area (Å²) in [5.74, 6) is 1.80. The van der Waals surface area contributed by atoms with Crippen LogP contribution >= 0.6 is 0 Å². The lowest BCUT2D eigenvalue weighted by Gasteiger charge is -2.10. The van der Waals surface area contributed by atoms with E-state index in [0.717, 1.165) is 12.8 Å². The molecule has 0 atom stereocenters. The molecule has 1 saturated carbocycles. The van der Waals surface area contributed by atoms with Crippen molar-refractivity contribution in [3.63, 3.8) is 0 Å². The van der Waals surface area contributed by atoms with Gasteiger partial charge >= 0.3 is 6.03 Å². The zero-order valence-electron chi connectivity index (χ0n) is 17.0. The molecule has 0 unspecified atom stereocenters. The Morgan fingerprint density at radius 3 is 2.59 bits per heavy atom. The monoisotopic (exact) mass is 428 g/mol. The van der Waals surface area contributed by atoms with E-state index in [4.69, 9.17) is 4.74 Å². The number of ether oxygens (including phenoxy) is 1. The van der Waals surface area contributed by atoms with Gasteiger partial charge in [0, 0.05) is 23.9 Å². The number of amides is 3. The average molecular weight is 428 g/mol. The van der Waals surface area contributed by atoms with E-state index in [1.807, 2.05) is 6.07 Å². The largest absolute Gasteiger partial charge is 0.456 e. The predicted molar refractivity (Wildman–Crippen MR) is 120 cm³/mol. The fourth-order valence-corrected chi connectivity index (χ4v) is 3.17. The number of carbonyl (C=O) groups is 2. The SMILES string of the molecule is O=C(Nc1cccnc1)Nc1cccc(Oc2ccc3nc(NC(=O)C4CC4)cn3c2)c1. The lowest BCUT2D eigenvalue weighted by atomic mass is 10.3. The Bertz CT molecular complexity index is 1280. The Hall–Kier alpha value is -4.40. The van der Waals surface area contributed by atoms with Crippen LogP contribution in [0.3, 0.4) is 0 Å². The maximum absolute atomic E-state index is 12.2. The number of rotatable bonds is 6. The number of imidazole rings is 1. The summed E-state index contributed by atoms with van der Waals surface area (Å²) in [6, 6.07) is 13.8. The average Bonchev–Trinajstić information content (AvgIpc) is 3.55. The third-order valence-corrected chi connectivity index (χ3v) is 4.87. The molecule has 0 radical (unpaired) electrons. The van der Waals surface area contributed by atoms with Crippen molar-refractivity contribution in [2.24, 2.45) is 5.92 Å². The number of nitrogens with one attached hydrogen (secondary N) is 3. The number of benzene rings is 1. The van der Waals surface area contributed by atoms with Gasteiger partial charge < -0.3 is 25.1 Å². The Balaban J connectivity index is 1.25. The molecule has 5 rings (SSSR count). The van der Waals surface area contributed by atoms with Gasteiger partial charge in [0.05, 0.1) is 24.3 Å².